The van der Waals surface area contributed by atoms with Crippen molar-refractivity contribution >= 4 is 5.91 Å². The van der Waals surface area contributed by atoms with Gasteiger partial charge in [-0.2, -0.15) is 0 Å². The van der Waals surface area contributed by atoms with Gasteiger partial charge in [0.15, 0.2) is 0 Å². The van der Waals surface area contributed by atoms with Crippen LogP contribution in [0.2, 0.25) is 0 Å². The van der Waals surface area contributed by atoms with Crippen molar-refractivity contribution in [1.29, 1.82) is 0 Å². The van der Waals surface area contributed by atoms with E-state index in [4.69, 9.17) is 0 Å². The van der Waals surface area contributed by atoms with Gasteiger partial charge in [0.2, 0.25) is 5.91 Å². The van der Waals surface area contributed by atoms with E-state index >= 15 is 0 Å². The van der Waals surface area contributed by atoms with E-state index in [0.29, 0.717) is 17.9 Å². The lowest BCUT2D eigenvalue weighted by atomic mass is 10.0. The van der Waals surface area contributed by atoms with Gasteiger partial charge in [-0.05, 0) is 51.7 Å². The minimum atomic E-state index is 0.0239. The largest absolute Gasteiger partial charge is 0.340 e. The van der Waals surface area contributed by atoms with Crippen molar-refractivity contribution in [2.75, 3.05) is 33.2 Å². The van der Waals surface area contributed by atoms with Crippen molar-refractivity contribution in [2.24, 2.45) is 5.92 Å². The summed E-state index contributed by atoms with van der Waals surface area (Å²) in [6, 6.07) is 0.583. The van der Waals surface area contributed by atoms with Gasteiger partial charge in [0, 0.05) is 19.1 Å². The van der Waals surface area contributed by atoms with Crippen LogP contribution in [0.1, 0.15) is 52.4 Å². The summed E-state index contributed by atoms with van der Waals surface area (Å²) in [7, 11) is 1.92. The average Bonchev–Trinajstić information content (AvgIpc) is 2.78. The first kappa shape index (κ1) is 16.8. The zero-order valence-corrected chi connectivity index (χ0v) is 14.1. The molecule has 2 fully saturated rings. The molecule has 0 aromatic rings. The summed E-state index contributed by atoms with van der Waals surface area (Å²) in [6.07, 6.45) is 7.35. The van der Waals surface area contributed by atoms with Crippen LogP contribution in [0, 0.1) is 5.92 Å². The highest BCUT2D eigenvalue weighted by Gasteiger charge is 2.31. The van der Waals surface area contributed by atoms with Gasteiger partial charge in [0.25, 0.3) is 0 Å². The molecule has 3 unspecified atom stereocenters. The van der Waals surface area contributed by atoms with Crippen LogP contribution in [0.5, 0.6) is 0 Å². The van der Waals surface area contributed by atoms with Gasteiger partial charge in [0.1, 0.15) is 0 Å². The molecule has 4 heteroatoms. The topological polar surface area (TPSA) is 35.6 Å². The highest BCUT2D eigenvalue weighted by molar-refractivity contribution is 5.82. The van der Waals surface area contributed by atoms with Gasteiger partial charge in [-0.3, -0.25) is 9.69 Å². The number of carbonyl (C=O) groups is 1. The van der Waals surface area contributed by atoms with E-state index in [1.165, 1.54) is 32.2 Å². The lowest BCUT2D eigenvalue weighted by Crippen LogP contribution is -2.50. The second kappa shape index (κ2) is 8.14. The normalized spacial score (nSPS) is 32.8. The van der Waals surface area contributed by atoms with Crippen LogP contribution in [-0.4, -0.2) is 61.0 Å². The Balaban J connectivity index is 2.04. The summed E-state index contributed by atoms with van der Waals surface area (Å²) in [5, 5.41) is 3.21. The first-order valence-electron chi connectivity index (χ1n) is 8.85. The summed E-state index contributed by atoms with van der Waals surface area (Å²) in [5.41, 5.74) is 0. The van der Waals surface area contributed by atoms with E-state index in [-0.39, 0.29) is 6.04 Å². The fraction of sp³-hybridized carbons (Fsp3) is 0.941. The highest BCUT2D eigenvalue weighted by Crippen LogP contribution is 2.22. The molecule has 2 rings (SSSR count). The van der Waals surface area contributed by atoms with E-state index in [1.54, 1.807) is 0 Å². The Morgan fingerprint density at radius 3 is 2.71 bits per heavy atom. The van der Waals surface area contributed by atoms with Crippen molar-refractivity contribution in [1.82, 2.24) is 15.1 Å². The predicted molar refractivity (Wildman–Crippen MR) is 87.3 cm³/mol. The first-order chi connectivity index (χ1) is 10.2. The molecule has 0 aromatic heterocycles. The molecule has 0 aliphatic carbocycles. The summed E-state index contributed by atoms with van der Waals surface area (Å²) >= 11 is 0. The van der Waals surface area contributed by atoms with Crippen molar-refractivity contribution in [2.45, 2.75) is 64.5 Å². The van der Waals surface area contributed by atoms with Gasteiger partial charge in [0.05, 0.1) is 6.04 Å². The second-order valence-electron chi connectivity index (χ2n) is 6.90. The maximum Gasteiger partial charge on any atom is 0.239 e. The van der Waals surface area contributed by atoms with Crippen LogP contribution in [0.25, 0.3) is 0 Å². The smallest absolute Gasteiger partial charge is 0.239 e. The standard InChI is InChI=1S/C17H33N3O/c1-4-19-11-7-5-6-8-15(19)13-20-12-14(2)9-10-16(18-3)17(20)21/h14-16,18H,4-13H2,1-3H3. The van der Waals surface area contributed by atoms with Crippen LogP contribution in [0.15, 0.2) is 0 Å². The van der Waals surface area contributed by atoms with E-state index in [1.807, 2.05) is 7.05 Å². The number of nitrogens with one attached hydrogen (secondary N) is 1. The molecule has 2 heterocycles. The molecular weight excluding hydrogens is 262 g/mol. The van der Waals surface area contributed by atoms with Crippen molar-refractivity contribution < 1.29 is 4.79 Å². The maximum absolute atomic E-state index is 12.7. The minimum Gasteiger partial charge on any atom is -0.340 e. The predicted octanol–water partition coefficient (Wildman–Crippen LogP) is 2.10. The van der Waals surface area contributed by atoms with E-state index < -0.39 is 0 Å². The summed E-state index contributed by atoms with van der Waals surface area (Å²) < 4.78 is 0. The molecule has 0 radical (unpaired) electrons. The fourth-order valence-corrected chi connectivity index (χ4v) is 3.90. The van der Waals surface area contributed by atoms with Crippen molar-refractivity contribution in [3.63, 3.8) is 0 Å². The number of hydrogen-bond donors (Lipinski definition) is 1. The van der Waals surface area contributed by atoms with Gasteiger partial charge in [-0.1, -0.05) is 26.7 Å². The van der Waals surface area contributed by atoms with Gasteiger partial charge in [-0.25, -0.2) is 0 Å². The van der Waals surface area contributed by atoms with Crippen LogP contribution in [0.3, 0.4) is 0 Å². The third-order valence-corrected chi connectivity index (χ3v) is 5.27. The second-order valence-corrected chi connectivity index (χ2v) is 6.90. The van der Waals surface area contributed by atoms with Crippen molar-refractivity contribution in [3.8, 4) is 0 Å². The van der Waals surface area contributed by atoms with E-state index in [2.05, 4.69) is 29.0 Å². The van der Waals surface area contributed by atoms with Crippen molar-refractivity contribution in [3.05, 3.63) is 0 Å². The van der Waals surface area contributed by atoms with Crippen LogP contribution in [-0.2, 0) is 4.79 Å². The first-order valence-corrected chi connectivity index (χ1v) is 8.85. The Kier molecular flexibility index (Phi) is 6.49. The molecule has 3 atom stereocenters. The van der Waals surface area contributed by atoms with Gasteiger partial charge >= 0.3 is 0 Å². The monoisotopic (exact) mass is 295 g/mol. The number of hydrogen-bond acceptors (Lipinski definition) is 3. The summed E-state index contributed by atoms with van der Waals surface area (Å²) in [4.78, 5) is 17.5. The number of likely N-dealkylation sites (tertiary alicyclic amines) is 2. The fourth-order valence-electron chi connectivity index (χ4n) is 3.90. The zero-order valence-electron chi connectivity index (χ0n) is 14.1. The third-order valence-electron chi connectivity index (χ3n) is 5.27. The zero-order chi connectivity index (χ0) is 15.2. The Morgan fingerprint density at radius 1 is 1.19 bits per heavy atom. The quantitative estimate of drug-likeness (QED) is 0.863. The van der Waals surface area contributed by atoms with E-state index in [0.717, 1.165) is 32.5 Å². The molecule has 0 aromatic carbocycles. The molecule has 2 aliphatic heterocycles. The van der Waals surface area contributed by atoms with Gasteiger partial charge < -0.3 is 10.2 Å². The summed E-state index contributed by atoms with van der Waals surface area (Å²) in [5.74, 6) is 0.940. The van der Waals surface area contributed by atoms with Crippen LogP contribution >= 0.6 is 0 Å². The average molecular weight is 295 g/mol. The molecule has 21 heavy (non-hydrogen) atoms. The molecule has 1 N–H and O–H groups in total. The molecule has 2 aliphatic rings. The minimum absolute atomic E-state index is 0.0239. The number of carbonyl (C=O) groups excluding carboxylic acids is 1. The van der Waals surface area contributed by atoms with Gasteiger partial charge in [-0.15, -0.1) is 0 Å². The SMILES string of the molecule is CCN1CCCCCC1CN1CC(C)CCC(NC)C1=O. The highest BCUT2D eigenvalue weighted by atomic mass is 16.2. The molecule has 0 saturated carbocycles. The van der Waals surface area contributed by atoms with E-state index in [9.17, 15) is 4.79 Å². The van der Waals surface area contributed by atoms with Crippen LogP contribution in [0.4, 0.5) is 0 Å². The Bertz CT molecular complexity index is 334. The molecule has 2 saturated heterocycles. The molecular formula is C17H33N3O. The molecule has 1 amide bonds. The molecule has 122 valence electrons. The number of amides is 1. The Morgan fingerprint density at radius 2 is 2.00 bits per heavy atom. The number of likely N-dealkylation sites (N-methyl/N-ethyl adjacent to an activating group) is 2. The third kappa shape index (κ3) is 4.43. The molecule has 0 bridgehead atoms. The van der Waals surface area contributed by atoms with Crippen LogP contribution < -0.4 is 5.32 Å². The lowest BCUT2D eigenvalue weighted by Gasteiger charge is -2.35. The molecule has 4 nitrogen and oxygen atoms in total. The number of nitrogens with zero attached hydrogens (tertiary/aromatic N) is 2. The maximum atomic E-state index is 12.7. The number of rotatable bonds is 4. The molecule has 0 spiro atoms. The Hall–Kier alpha value is -0.610. The Labute approximate surface area is 130 Å². The summed E-state index contributed by atoms with van der Waals surface area (Å²) in [6.45, 7) is 8.71. The lowest BCUT2D eigenvalue weighted by molar-refractivity contribution is -0.133.